The third-order valence-corrected chi connectivity index (χ3v) is 2.49. The van der Waals surface area contributed by atoms with Gasteiger partial charge < -0.3 is 11.1 Å². The Balaban J connectivity index is 2.85. The largest absolute Gasteiger partial charge is 0.329 e. The monoisotopic (exact) mass is 210 g/mol. The SMILES string of the molecule is CCCNC(CN)c1cc(F)ccc1C. The smallest absolute Gasteiger partial charge is 0.123 e. The van der Waals surface area contributed by atoms with Crippen LogP contribution in [-0.4, -0.2) is 13.1 Å². The van der Waals surface area contributed by atoms with Crippen LogP contribution in [0.25, 0.3) is 0 Å². The van der Waals surface area contributed by atoms with Crippen molar-refractivity contribution in [1.82, 2.24) is 5.32 Å². The quantitative estimate of drug-likeness (QED) is 0.781. The molecule has 1 atom stereocenters. The molecule has 0 radical (unpaired) electrons. The molecule has 1 rings (SSSR count). The molecule has 0 saturated heterocycles. The van der Waals surface area contributed by atoms with E-state index in [1.807, 2.05) is 6.92 Å². The number of aryl methyl sites for hydroxylation is 1. The van der Waals surface area contributed by atoms with Gasteiger partial charge in [0.05, 0.1) is 0 Å². The Hall–Kier alpha value is -0.930. The molecule has 0 heterocycles. The summed E-state index contributed by atoms with van der Waals surface area (Å²) < 4.78 is 13.1. The molecule has 15 heavy (non-hydrogen) atoms. The van der Waals surface area contributed by atoms with Gasteiger partial charge in [-0.15, -0.1) is 0 Å². The molecule has 0 amide bonds. The van der Waals surface area contributed by atoms with Crippen LogP contribution in [0.2, 0.25) is 0 Å². The maximum atomic E-state index is 13.1. The second-order valence-corrected chi connectivity index (χ2v) is 3.74. The minimum Gasteiger partial charge on any atom is -0.329 e. The lowest BCUT2D eigenvalue weighted by Gasteiger charge is -2.19. The molecule has 0 aliphatic rings. The van der Waals surface area contributed by atoms with E-state index in [0.717, 1.165) is 24.1 Å². The van der Waals surface area contributed by atoms with Crippen LogP contribution in [0.5, 0.6) is 0 Å². The van der Waals surface area contributed by atoms with Gasteiger partial charge in [0.25, 0.3) is 0 Å². The molecule has 0 aliphatic carbocycles. The summed E-state index contributed by atoms with van der Waals surface area (Å²) in [5.74, 6) is -0.202. The van der Waals surface area contributed by atoms with E-state index < -0.39 is 0 Å². The third-order valence-electron chi connectivity index (χ3n) is 2.49. The second-order valence-electron chi connectivity index (χ2n) is 3.74. The highest BCUT2D eigenvalue weighted by molar-refractivity contribution is 5.29. The van der Waals surface area contributed by atoms with Gasteiger partial charge in [0.2, 0.25) is 0 Å². The van der Waals surface area contributed by atoms with Crippen LogP contribution in [0.4, 0.5) is 4.39 Å². The van der Waals surface area contributed by atoms with E-state index in [1.165, 1.54) is 6.07 Å². The fourth-order valence-electron chi connectivity index (χ4n) is 1.63. The first kappa shape index (κ1) is 12.1. The molecule has 1 unspecified atom stereocenters. The van der Waals surface area contributed by atoms with Gasteiger partial charge in [-0.25, -0.2) is 4.39 Å². The number of benzene rings is 1. The van der Waals surface area contributed by atoms with Crippen LogP contribution in [0.3, 0.4) is 0 Å². The average molecular weight is 210 g/mol. The number of nitrogens with one attached hydrogen (secondary N) is 1. The van der Waals surface area contributed by atoms with Crippen molar-refractivity contribution < 1.29 is 4.39 Å². The van der Waals surface area contributed by atoms with E-state index in [4.69, 9.17) is 5.73 Å². The lowest BCUT2D eigenvalue weighted by molar-refractivity contribution is 0.532. The standard InChI is InChI=1S/C12H19FN2/c1-3-6-15-12(8-14)11-7-10(13)5-4-9(11)2/h4-5,7,12,15H,3,6,8,14H2,1-2H3. The highest BCUT2D eigenvalue weighted by atomic mass is 19.1. The predicted octanol–water partition coefficient (Wildman–Crippen LogP) is 2.13. The van der Waals surface area contributed by atoms with Gasteiger partial charge in [0, 0.05) is 12.6 Å². The van der Waals surface area contributed by atoms with Gasteiger partial charge in [0.15, 0.2) is 0 Å². The lowest BCUT2D eigenvalue weighted by atomic mass is 10.0. The first-order valence-electron chi connectivity index (χ1n) is 5.38. The number of rotatable bonds is 5. The zero-order chi connectivity index (χ0) is 11.3. The molecule has 1 aromatic rings. The molecule has 0 spiro atoms. The van der Waals surface area contributed by atoms with E-state index in [0.29, 0.717) is 6.54 Å². The topological polar surface area (TPSA) is 38.0 Å². The van der Waals surface area contributed by atoms with Crippen molar-refractivity contribution in [3.63, 3.8) is 0 Å². The molecule has 1 aromatic carbocycles. The highest BCUT2D eigenvalue weighted by Gasteiger charge is 2.11. The zero-order valence-electron chi connectivity index (χ0n) is 9.39. The Labute approximate surface area is 90.7 Å². The van der Waals surface area contributed by atoms with Crippen molar-refractivity contribution in [1.29, 1.82) is 0 Å². The molecule has 84 valence electrons. The first-order valence-corrected chi connectivity index (χ1v) is 5.38. The summed E-state index contributed by atoms with van der Waals surface area (Å²) >= 11 is 0. The molecular weight excluding hydrogens is 191 g/mol. The number of hydrogen-bond donors (Lipinski definition) is 2. The molecule has 0 fully saturated rings. The van der Waals surface area contributed by atoms with Gasteiger partial charge >= 0.3 is 0 Å². The van der Waals surface area contributed by atoms with Crippen molar-refractivity contribution in [2.24, 2.45) is 5.73 Å². The third kappa shape index (κ3) is 3.29. The van der Waals surface area contributed by atoms with Crippen molar-refractivity contribution in [2.45, 2.75) is 26.3 Å². The molecular formula is C12H19FN2. The average Bonchev–Trinajstić information content (AvgIpc) is 2.24. The van der Waals surface area contributed by atoms with Gasteiger partial charge in [-0.2, -0.15) is 0 Å². The van der Waals surface area contributed by atoms with Crippen LogP contribution in [0.15, 0.2) is 18.2 Å². The van der Waals surface area contributed by atoms with E-state index in [1.54, 1.807) is 12.1 Å². The molecule has 3 heteroatoms. The summed E-state index contributed by atoms with van der Waals surface area (Å²) in [6.45, 7) is 5.46. The second kappa shape index (κ2) is 5.83. The summed E-state index contributed by atoms with van der Waals surface area (Å²) in [6.07, 6.45) is 1.05. The van der Waals surface area contributed by atoms with E-state index in [2.05, 4.69) is 12.2 Å². The minimum absolute atomic E-state index is 0.0562. The van der Waals surface area contributed by atoms with E-state index in [9.17, 15) is 4.39 Å². The molecule has 0 saturated carbocycles. The van der Waals surface area contributed by atoms with Crippen LogP contribution < -0.4 is 11.1 Å². The summed E-state index contributed by atoms with van der Waals surface area (Å²) in [6, 6.07) is 4.89. The minimum atomic E-state index is -0.202. The van der Waals surface area contributed by atoms with Gasteiger partial charge in [-0.05, 0) is 43.1 Å². The summed E-state index contributed by atoms with van der Waals surface area (Å²) in [7, 11) is 0. The Bertz CT molecular complexity index is 312. The van der Waals surface area contributed by atoms with E-state index in [-0.39, 0.29) is 11.9 Å². The maximum Gasteiger partial charge on any atom is 0.123 e. The number of hydrogen-bond acceptors (Lipinski definition) is 2. The van der Waals surface area contributed by atoms with Crippen LogP contribution in [0, 0.1) is 12.7 Å². The first-order chi connectivity index (χ1) is 7.19. The Morgan fingerprint density at radius 1 is 1.47 bits per heavy atom. The van der Waals surface area contributed by atoms with Gasteiger partial charge in [0.1, 0.15) is 5.82 Å². The molecule has 3 N–H and O–H groups in total. The van der Waals surface area contributed by atoms with Crippen molar-refractivity contribution in [3.05, 3.63) is 35.1 Å². The summed E-state index contributed by atoms with van der Waals surface area (Å²) in [4.78, 5) is 0. The van der Waals surface area contributed by atoms with Crippen LogP contribution >= 0.6 is 0 Å². The van der Waals surface area contributed by atoms with Crippen LogP contribution in [-0.2, 0) is 0 Å². The molecule has 0 aromatic heterocycles. The number of nitrogens with two attached hydrogens (primary N) is 1. The predicted molar refractivity (Wildman–Crippen MR) is 61.2 cm³/mol. The number of halogens is 1. The van der Waals surface area contributed by atoms with Crippen molar-refractivity contribution in [2.75, 3.05) is 13.1 Å². The lowest BCUT2D eigenvalue weighted by Crippen LogP contribution is -2.29. The fraction of sp³-hybridized carbons (Fsp3) is 0.500. The maximum absolute atomic E-state index is 13.1. The highest BCUT2D eigenvalue weighted by Crippen LogP contribution is 2.18. The van der Waals surface area contributed by atoms with Gasteiger partial charge in [-0.1, -0.05) is 13.0 Å². The normalized spacial score (nSPS) is 12.8. The summed E-state index contributed by atoms with van der Waals surface area (Å²) in [5.41, 5.74) is 7.72. The molecule has 2 nitrogen and oxygen atoms in total. The molecule has 0 bridgehead atoms. The fourth-order valence-corrected chi connectivity index (χ4v) is 1.63. The van der Waals surface area contributed by atoms with Gasteiger partial charge in [-0.3, -0.25) is 0 Å². The Morgan fingerprint density at radius 3 is 2.80 bits per heavy atom. The zero-order valence-corrected chi connectivity index (χ0v) is 9.39. The molecule has 0 aliphatic heterocycles. The Kier molecular flexibility index (Phi) is 4.72. The van der Waals surface area contributed by atoms with E-state index >= 15 is 0 Å². The van der Waals surface area contributed by atoms with Crippen LogP contribution in [0.1, 0.15) is 30.5 Å². The summed E-state index contributed by atoms with van der Waals surface area (Å²) in [5, 5.41) is 3.31. The van der Waals surface area contributed by atoms with Crippen molar-refractivity contribution >= 4 is 0 Å². The van der Waals surface area contributed by atoms with Crippen molar-refractivity contribution in [3.8, 4) is 0 Å². The Morgan fingerprint density at radius 2 is 2.20 bits per heavy atom.